The van der Waals surface area contributed by atoms with Crippen molar-refractivity contribution in [2.75, 3.05) is 31.1 Å². The van der Waals surface area contributed by atoms with Gasteiger partial charge in [0.05, 0.1) is 29.8 Å². The van der Waals surface area contributed by atoms with Crippen LogP contribution in [0.25, 0.3) is 0 Å². The molecule has 0 bridgehead atoms. The summed E-state index contributed by atoms with van der Waals surface area (Å²) in [6, 6.07) is 4.61. The van der Waals surface area contributed by atoms with Crippen LogP contribution >= 0.6 is 0 Å². The highest BCUT2D eigenvalue weighted by Crippen LogP contribution is 2.23. The van der Waals surface area contributed by atoms with Crippen molar-refractivity contribution in [1.82, 2.24) is 10.3 Å². The molecule has 1 atom stereocenters. The fourth-order valence-electron chi connectivity index (χ4n) is 2.54. The molecular formula is C16H27N3O. The van der Waals surface area contributed by atoms with E-state index in [0.29, 0.717) is 6.04 Å². The van der Waals surface area contributed by atoms with Gasteiger partial charge in [0.2, 0.25) is 0 Å². The summed E-state index contributed by atoms with van der Waals surface area (Å²) in [4.78, 5) is 6.96. The minimum atomic E-state index is -0.0765. The fraction of sp³-hybridized carbons (Fsp3) is 0.688. The summed E-state index contributed by atoms with van der Waals surface area (Å²) in [7, 11) is 0. The third-order valence-corrected chi connectivity index (χ3v) is 3.71. The molecule has 0 aliphatic carbocycles. The van der Waals surface area contributed by atoms with Gasteiger partial charge in [0.15, 0.2) is 0 Å². The molecule has 0 aromatic carbocycles. The SMILES string of the molecule is CCCNC(C)c1ccc(N2CCOC(C)(C)C2)cn1. The largest absolute Gasteiger partial charge is 0.372 e. The van der Waals surface area contributed by atoms with Gasteiger partial charge in [-0.25, -0.2) is 0 Å². The quantitative estimate of drug-likeness (QED) is 0.898. The average molecular weight is 277 g/mol. The predicted octanol–water partition coefficient (Wildman–Crippen LogP) is 2.76. The molecule has 2 rings (SSSR count). The predicted molar refractivity (Wildman–Crippen MR) is 83.2 cm³/mol. The van der Waals surface area contributed by atoms with Crippen molar-refractivity contribution in [1.29, 1.82) is 0 Å². The van der Waals surface area contributed by atoms with Crippen LogP contribution in [0.5, 0.6) is 0 Å². The molecular weight excluding hydrogens is 250 g/mol. The molecule has 1 unspecified atom stereocenters. The lowest BCUT2D eigenvalue weighted by Gasteiger charge is -2.39. The lowest BCUT2D eigenvalue weighted by Crippen LogP contribution is -2.48. The molecule has 1 fully saturated rings. The molecule has 2 heterocycles. The third kappa shape index (κ3) is 3.93. The number of nitrogens with one attached hydrogen (secondary N) is 1. The van der Waals surface area contributed by atoms with E-state index in [-0.39, 0.29) is 5.60 Å². The number of hydrogen-bond acceptors (Lipinski definition) is 4. The number of rotatable bonds is 5. The molecule has 0 radical (unpaired) electrons. The summed E-state index contributed by atoms with van der Waals surface area (Å²) in [6.07, 6.45) is 3.13. The first kappa shape index (κ1) is 15.3. The van der Waals surface area contributed by atoms with Gasteiger partial charge in [-0.3, -0.25) is 4.98 Å². The van der Waals surface area contributed by atoms with Crippen molar-refractivity contribution in [3.05, 3.63) is 24.0 Å². The monoisotopic (exact) mass is 277 g/mol. The summed E-state index contributed by atoms with van der Waals surface area (Å²) in [5.41, 5.74) is 2.22. The summed E-state index contributed by atoms with van der Waals surface area (Å²) in [5.74, 6) is 0. The van der Waals surface area contributed by atoms with Crippen LogP contribution in [0.1, 0.15) is 45.9 Å². The van der Waals surface area contributed by atoms with Crippen LogP contribution in [-0.2, 0) is 4.74 Å². The van der Waals surface area contributed by atoms with Gasteiger partial charge in [-0.1, -0.05) is 6.92 Å². The van der Waals surface area contributed by atoms with Gasteiger partial charge < -0.3 is 15.0 Å². The lowest BCUT2D eigenvalue weighted by atomic mass is 10.1. The number of morpholine rings is 1. The van der Waals surface area contributed by atoms with E-state index in [2.05, 4.69) is 55.0 Å². The van der Waals surface area contributed by atoms with Crippen molar-refractivity contribution >= 4 is 5.69 Å². The zero-order valence-corrected chi connectivity index (χ0v) is 13.1. The van der Waals surface area contributed by atoms with E-state index in [0.717, 1.165) is 38.4 Å². The van der Waals surface area contributed by atoms with Crippen LogP contribution < -0.4 is 10.2 Å². The van der Waals surface area contributed by atoms with Gasteiger partial charge in [0.25, 0.3) is 0 Å². The van der Waals surface area contributed by atoms with E-state index in [4.69, 9.17) is 4.74 Å². The number of aromatic nitrogens is 1. The first-order chi connectivity index (χ1) is 9.52. The lowest BCUT2D eigenvalue weighted by molar-refractivity contribution is -0.0277. The summed E-state index contributed by atoms with van der Waals surface area (Å²) < 4.78 is 5.75. The molecule has 1 aromatic rings. The van der Waals surface area contributed by atoms with E-state index < -0.39 is 0 Å². The second-order valence-electron chi connectivity index (χ2n) is 6.15. The Morgan fingerprint density at radius 1 is 1.45 bits per heavy atom. The Labute approximate surface area is 122 Å². The van der Waals surface area contributed by atoms with Crippen molar-refractivity contribution in [3.8, 4) is 0 Å². The molecule has 0 amide bonds. The van der Waals surface area contributed by atoms with Gasteiger partial charge in [0.1, 0.15) is 0 Å². The Morgan fingerprint density at radius 2 is 2.25 bits per heavy atom. The second-order valence-corrected chi connectivity index (χ2v) is 6.15. The fourth-order valence-corrected chi connectivity index (χ4v) is 2.54. The van der Waals surface area contributed by atoms with Gasteiger partial charge in [0, 0.05) is 19.1 Å². The Kier molecular flexibility index (Phi) is 5.00. The molecule has 1 saturated heterocycles. The van der Waals surface area contributed by atoms with Crippen molar-refractivity contribution < 1.29 is 4.74 Å². The molecule has 1 aromatic heterocycles. The first-order valence-electron chi connectivity index (χ1n) is 7.60. The van der Waals surface area contributed by atoms with E-state index >= 15 is 0 Å². The maximum atomic E-state index is 5.75. The van der Waals surface area contributed by atoms with Crippen LogP contribution in [0.3, 0.4) is 0 Å². The normalized spacial score (nSPS) is 19.9. The van der Waals surface area contributed by atoms with Gasteiger partial charge in [-0.05, 0) is 45.9 Å². The number of anilines is 1. The topological polar surface area (TPSA) is 37.4 Å². The molecule has 20 heavy (non-hydrogen) atoms. The van der Waals surface area contributed by atoms with Crippen LogP contribution in [0.4, 0.5) is 5.69 Å². The van der Waals surface area contributed by atoms with Crippen LogP contribution in [0.2, 0.25) is 0 Å². The Morgan fingerprint density at radius 3 is 2.85 bits per heavy atom. The standard InChI is InChI=1S/C16H27N3O/c1-5-8-17-13(2)15-7-6-14(11-18-15)19-9-10-20-16(3,4)12-19/h6-7,11,13,17H,5,8-10,12H2,1-4H3. The minimum Gasteiger partial charge on any atom is -0.372 e. The second kappa shape index (κ2) is 6.55. The zero-order valence-electron chi connectivity index (χ0n) is 13.1. The molecule has 0 saturated carbocycles. The molecule has 112 valence electrons. The number of hydrogen-bond donors (Lipinski definition) is 1. The Bertz CT molecular complexity index is 416. The van der Waals surface area contributed by atoms with Crippen molar-refractivity contribution in [2.45, 2.75) is 45.8 Å². The maximum absolute atomic E-state index is 5.75. The highest BCUT2D eigenvalue weighted by Gasteiger charge is 2.27. The zero-order chi connectivity index (χ0) is 14.6. The van der Waals surface area contributed by atoms with Gasteiger partial charge >= 0.3 is 0 Å². The highest BCUT2D eigenvalue weighted by molar-refractivity contribution is 5.45. The average Bonchev–Trinajstić information content (AvgIpc) is 2.44. The summed E-state index contributed by atoms with van der Waals surface area (Å²) in [5, 5.41) is 3.46. The summed E-state index contributed by atoms with van der Waals surface area (Å²) >= 11 is 0. The highest BCUT2D eigenvalue weighted by atomic mass is 16.5. The van der Waals surface area contributed by atoms with E-state index in [9.17, 15) is 0 Å². The number of pyridine rings is 1. The van der Waals surface area contributed by atoms with Gasteiger partial charge in [-0.15, -0.1) is 0 Å². The van der Waals surface area contributed by atoms with Crippen LogP contribution in [0, 0.1) is 0 Å². The van der Waals surface area contributed by atoms with E-state index in [1.165, 1.54) is 5.69 Å². The van der Waals surface area contributed by atoms with Gasteiger partial charge in [-0.2, -0.15) is 0 Å². The van der Waals surface area contributed by atoms with Crippen molar-refractivity contribution in [3.63, 3.8) is 0 Å². The molecule has 1 aliphatic rings. The smallest absolute Gasteiger partial charge is 0.0801 e. The van der Waals surface area contributed by atoms with E-state index in [1.54, 1.807) is 0 Å². The summed E-state index contributed by atoms with van der Waals surface area (Å²) in [6.45, 7) is 12.3. The minimum absolute atomic E-state index is 0.0765. The molecule has 1 N–H and O–H groups in total. The number of ether oxygens (including phenoxy) is 1. The Balaban J connectivity index is 2.00. The molecule has 4 heteroatoms. The van der Waals surface area contributed by atoms with Crippen molar-refractivity contribution in [2.24, 2.45) is 0 Å². The maximum Gasteiger partial charge on any atom is 0.0801 e. The molecule has 0 spiro atoms. The molecule has 1 aliphatic heterocycles. The van der Waals surface area contributed by atoms with Crippen LogP contribution in [-0.4, -0.2) is 36.8 Å². The number of nitrogens with zero attached hydrogens (tertiary/aromatic N) is 2. The first-order valence-corrected chi connectivity index (χ1v) is 7.60. The van der Waals surface area contributed by atoms with Crippen LogP contribution in [0.15, 0.2) is 18.3 Å². The van der Waals surface area contributed by atoms with E-state index in [1.807, 2.05) is 6.20 Å². The third-order valence-electron chi connectivity index (χ3n) is 3.71. The molecule has 4 nitrogen and oxygen atoms in total. The Hall–Kier alpha value is -1.13.